The molecule has 7 heteroatoms. The number of nitrogens with one attached hydrogen (secondary N) is 2. The van der Waals surface area contributed by atoms with Crippen LogP contribution >= 0.6 is 11.6 Å². The third-order valence-corrected chi connectivity index (χ3v) is 7.22. The molecule has 1 unspecified atom stereocenters. The van der Waals surface area contributed by atoms with Gasteiger partial charge in [-0.15, -0.1) is 0 Å². The van der Waals surface area contributed by atoms with Gasteiger partial charge in [-0.2, -0.15) is 0 Å². The predicted octanol–water partition coefficient (Wildman–Crippen LogP) is 4.34. The molecular formula is C25H39ClN4O2. The number of carbonyl (C=O) groups is 2. The minimum Gasteiger partial charge on any atom is -0.351 e. The molecular weight excluding hydrogens is 424 g/mol. The second kappa shape index (κ2) is 10.5. The molecule has 1 aromatic rings. The molecule has 1 heterocycles. The lowest BCUT2D eigenvalue weighted by Crippen LogP contribution is -2.58. The van der Waals surface area contributed by atoms with Crippen molar-refractivity contribution < 1.29 is 9.59 Å². The van der Waals surface area contributed by atoms with E-state index in [2.05, 4.69) is 10.7 Å². The van der Waals surface area contributed by atoms with Gasteiger partial charge in [-0.25, -0.2) is 5.01 Å². The molecule has 0 radical (unpaired) electrons. The van der Waals surface area contributed by atoms with Gasteiger partial charge in [0.2, 0.25) is 11.8 Å². The zero-order chi connectivity index (χ0) is 23.4. The number of rotatable bonds is 6. The van der Waals surface area contributed by atoms with Crippen molar-refractivity contribution in [3.05, 3.63) is 34.9 Å². The van der Waals surface area contributed by atoms with Gasteiger partial charge in [0.15, 0.2) is 0 Å². The summed E-state index contributed by atoms with van der Waals surface area (Å²) in [5.41, 5.74) is 9.53. The molecule has 2 amide bonds. The van der Waals surface area contributed by atoms with Gasteiger partial charge in [0.25, 0.3) is 0 Å². The summed E-state index contributed by atoms with van der Waals surface area (Å²) in [5.74, 6) is 0.513. The fourth-order valence-electron chi connectivity index (χ4n) is 5.21. The first-order valence-electron chi connectivity index (χ1n) is 12.0. The van der Waals surface area contributed by atoms with Crippen LogP contribution in [0, 0.1) is 11.3 Å². The standard InChI is InChI=1S/C25H39ClN4O2/c1-24(2,3)28-23(32)25(19-7-5-4-6-8-19)13-15-30(16-14-25)29-22(31)17-21(27)18-9-11-20(26)12-10-18/h9-12,19,21H,4-8,13-17,27H2,1-3H3,(H,28,32)(H,29,31). The Kier molecular flexibility index (Phi) is 8.23. The van der Waals surface area contributed by atoms with Gasteiger partial charge in [-0.1, -0.05) is 43.0 Å². The molecule has 178 valence electrons. The number of amides is 2. The molecule has 2 fully saturated rings. The van der Waals surface area contributed by atoms with Crippen LogP contribution in [0.2, 0.25) is 5.02 Å². The van der Waals surface area contributed by atoms with E-state index in [0.717, 1.165) is 31.2 Å². The smallest absolute Gasteiger partial charge is 0.236 e. The normalized spacial score (nSPS) is 21.0. The van der Waals surface area contributed by atoms with Crippen LogP contribution in [0.3, 0.4) is 0 Å². The largest absolute Gasteiger partial charge is 0.351 e. The van der Waals surface area contributed by atoms with Gasteiger partial charge < -0.3 is 11.1 Å². The van der Waals surface area contributed by atoms with Crippen molar-refractivity contribution in [1.82, 2.24) is 15.8 Å². The second-order valence-corrected chi connectivity index (χ2v) is 11.0. The lowest BCUT2D eigenvalue weighted by atomic mass is 9.63. The van der Waals surface area contributed by atoms with Crippen molar-refractivity contribution in [2.24, 2.45) is 17.1 Å². The van der Waals surface area contributed by atoms with Crippen molar-refractivity contribution in [3.8, 4) is 0 Å². The maximum Gasteiger partial charge on any atom is 0.236 e. The molecule has 1 aromatic carbocycles. The molecule has 6 nitrogen and oxygen atoms in total. The molecule has 4 N–H and O–H groups in total. The summed E-state index contributed by atoms with van der Waals surface area (Å²) in [6, 6.07) is 6.90. The van der Waals surface area contributed by atoms with E-state index in [0.29, 0.717) is 24.0 Å². The predicted molar refractivity (Wildman–Crippen MR) is 129 cm³/mol. The van der Waals surface area contributed by atoms with E-state index in [9.17, 15) is 9.59 Å². The Balaban J connectivity index is 1.59. The fraction of sp³-hybridized carbons (Fsp3) is 0.680. The summed E-state index contributed by atoms with van der Waals surface area (Å²) in [6.07, 6.45) is 7.67. The van der Waals surface area contributed by atoms with Crippen molar-refractivity contribution >= 4 is 23.4 Å². The number of nitrogens with two attached hydrogens (primary N) is 1. The van der Waals surface area contributed by atoms with E-state index >= 15 is 0 Å². The van der Waals surface area contributed by atoms with Crippen LogP contribution in [0.15, 0.2) is 24.3 Å². The maximum absolute atomic E-state index is 13.4. The van der Waals surface area contributed by atoms with Crippen molar-refractivity contribution in [1.29, 1.82) is 0 Å². The van der Waals surface area contributed by atoms with Crippen LogP contribution in [-0.2, 0) is 9.59 Å². The van der Waals surface area contributed by atoms with E-state index in [4.69, 9.17) is 17.3 Å². The first-order chi connectivity index (χ1) is 15.1. The molecule has 1 aliphatic heterocycles. The van der Waals surface area contributed by atoms with Crippen LogP contribution in [0.25, 0.3) is 0 Å². The van der Waals surface area contributed by atoms with Crippen LogP contribution in [-0.4, -0.2) is 35.5 Å². The van der Waals surface area contributed by atoms with Gasteiger partial charge in [0, 0.05) is 36.1 Å². The van der Waals surface area contributed by atoms with E-state index in [1.807, 2.05) is 37.9 Å². The fourth-order valence-corrected chi connectivity index (χ4v) is 5.33. The van der Waals surface area contributed by atoms with Gasteiger partial charge in [-0.05, 0) is 70.1 Å². The molecule has 2 aliphatic rings. The Morgan fingerprint density at radius 1 is 1.12 bits per heavy atom. The SMILES string of the molecule is CC(C)(C)NC(=O)C1(C2CCCCC2)CCN(NC(=O)CC(N)c2ccc(Cl)cc2)CC1. The zero-order valence-electron chi connectivity index (χ0n) is 19.8. The van der Waals surface area contributed by atoms with E-state index in [1.54, 1.807) is 12.1 Å². The summed E-state index contributed by atoms with van der Waals surface area (Å²) in [7, 11) is 0. The summed E-state index contributed by atoms with van der Waals surface area (Å²) in [4.78, 5) is 26.1. The van der Waals surface area contributed by atoms with E-state index < -0.39 is 0 Å². The van der Waals surface area contributed by atoms with Crippen molar-refractivity contribution in [2.45, 2.75) is 83.7 Å². The first kappa shape index (κ1) is 25.0. The number of benzene rings is 1. The quantitative estimate of drug-likeness (QED) is 0.586. The zero-order valence-corrected chi connectivity index (χ0v) is 20.5. The van der Waals surface area contributed by atoms with Gasteiger partial charge in [0.05, 0.1) is 5.41 Å². The number of nitrogens with zero attached hydrogens (tertiary/aromatic N) is 1. The number of hydrogen-bond donors (Lipinski definition) is 3. The highest BCUT2D eigenvalue weighted by Gasteiger charge is 2.48. The highest BCUT2D eigenvalue weighted by Crippen LogP contribution is 2.46. The molecule has 32 heavy (non-hydrogen) atoms. The van der Waals surface area contributed by atoms with Gasteiger partial charge in [-0.3, -0.25) is 15.0 Å². The molecule has 1 aliphatic carbocycles. The number of carbonyl (C=O) groups excluding carboxylic acids is 2. The third-order valence-electron chi connectivity index (χ3n) is 6.97. The minimum atomic E-state index is -0.379. The summed E-state index contributed by atoms with van der Waals surface area (Å²) < 4.78 is 0. The van der Waals surface area contributed by atoms with Gasteiger partial charge >= 0.3 is 0 Å². The first-order valence-corrected chi connectivity index (χ1v) is 12.3. The average Bonchev–Trinajstić information content (AvgIpc) is 2.74. The molecule has 0 aromatic heterocycles. The van der Waals surface area contributed by atoms with E-state index in [1.165, 1.54) is 19.3 Å². The average molecular weight is 463 g/mol. The molecule has 0 spiro atoms. The van der Waals surface area contributed by atoms with Crippen LogP contribution in [0.5, 0.6) is 0 Å². The Hall–Kier alpha value is -1.63. The third kappa shape index (κ3) is 6.46. The number of piperidine rings is 1. The number of hydrogen-bond acceptors (Lipinski definition) is 4. The second-order valence-electron chi connectivity index (χ2n) is 10.6. The molecule has 3 rings (SSSR count). The van der Waals surface area contributed by atoms with Crippen LogP contribution < -0.4 is 16.5 Å². The Morgan fingerprint density at radius 2 is 1.72 bits per heavy atom. The monoisotopic (exact) mass is 462 g/mol. The summed E-state index contributed by atoms with van der Waals surface area (Å²) in [5, 5.41) is 5.87. The summed E-state index contributed by atoms with van der Waals surface area (Å²) >= 11 is 5.93. The topological polar surface area (TPSA) is 87.5 Å². The Morgan fingerprint density at radius 3 is 2.28 bits per heavy atom. The van der Waals surface area contributed by atoms with Crippen molar-refractivity contribution in [3.63, 3.8) is 0 Å². The number of halogens is 1. The Labute approximate surface area is 197 Å². The lowest BCUT2D eigenvalue weighted by Gasteiger charge is -2.47. The lowest BCUT2D eigenvalue weighted by molar-refractivity contribution is -0.142. The minimum absolute atomic E-state index is 0.100. The number of hydrazine groups is 1. The highest BCUT2D eigenvalue weighted by atomic mass is 35.5. The molecule has 1 atom stereocenters. The van der Waals surface area contributed by atoms with Crippen LogP contribution in [0.1, 0.15) is 83.7 Å². The molecule has 0 bridgehead atoms. The van der Waals surface area contributed by atoms with Crippen LogP contribution in [0.4, 0.5) is 0 Å². The Bertz CT molecular complexity index is 776. The molecule has 1 saturated heterocycles. The maximum atomic E-state index is 13.4. The van der Waals surface area contributed by atoms with Crippen molar-refractivity contribution in [2.75, 3.05) is 13.1 Å². The highest BCUT2D eigenvalue weighted by molar-refractivity contribution is 6.30. The molecule has 1 saturated carbocycles. The van der Waals surface area contributed by atoms with Gasteiger partial charge in [0.1, 0.15) is 0 Å². The van der Waals surface area contributed by atoms with E-state index in [-0.39, 0.29) is 35.2 Å². The summed E-state index contributed by atoms with van der Waals surface area (Å²) in [6.45, 7) is 7.47.